The molecule has 5 nitrogen and oxygen atoms in total. The van der Waals surface area contributed by atoms with Crippen molar-refractivity contribution in [3.8, 4) is 0 Å². The lowest BCUT2D eigenvalue weighted by molar-refractivity contribution is -0.116. The number of primary amides is 1. The highest BCUT2D eigenvalue weighted by atomic mass is 16.1. The van der Waals surface area contributed by atoms with Crippen LogP contribution in [-0.2, 0) is 11.3 Å². The Hall–Kier alpha value is -1.62. The van der Waals surface area contributed by atoms with E-state index in [1.54, 1.807) is 0 Å². The van der Waals surface area contributed by atoms with Gasteiger partial charge in [0.1, 0.15) is 5.82 Å². The number of nitrogens with one attached hydrogen (secondary N) is 1. The highest BCUT2D eigenvalue weighted by Gasteiger charge is 2.14. The van der Waals surface area contributed by atoms with Gasteiger partial charge in [0.25, 0.3) is 0 Å². The first-order chi connectivity index (χ1) is 9.19. The summed E-state index contributed by atoms with van der Waals surface area (Å²) < 4.78 is 0. The van der Waals surface area contributed by atoms with Crippen LogP contribution in [0.1, 0.15) is 40.2 Å². The van der Waals surface area contributed by atoms with Crippen LogP contribution in [0.25, 0.3) is 0 Å². The summed E-state index contributed by atoms with van der Waals surface area (Å²) in [6.45, 7) is 11.4. The smallest absolute Gasteiger partial charge is 0.237 e. The van der Waals surface area contributed by atoms with E-state index in [1.807, 2.05) is 37.1 Å². The first kappa shape index (κ1) is 16.4. The van der Waals surface area contributed by atoms with E-state index in [4.69, 9.17) is 5.73 Å². The van der Waals surface area contributed by atoms with Gasteiger partial charge in [-0.1, -0.05) is 6.07 Å². The number of carbonyl (C=O) groups is 1. The minimum absolute atomic E-state index is 0.0780. The molecule has 0 aliphatic rings. The molecule has 0 fully saturated rings. The van der Waals surface area contributed by atoms with Crippen molar-refractivity contribution in [3.05, 3.63) is 23.9 Å². The van der Waals surface area contributed by atoms with Gasteiger partial charge in [0.2, 0.25) is 5.91 Å². The molecule has 1 heterocycles. The minimum atomic E-state index is -0.348. The van der Waals surface area contributed by atoms with Gasteiger partial charge in [-0.15, -0.1) is 0 Å². The zero-order chi connectivity index (χ0) is 15.3. The topological polar surface area (TPSA) is 71.2 Å². The van der Waals surface area contributed by atoms with Gasteiger partial charge in [-0.05, 0) is 46.2 Å². The Morgan fingerprint density at radius 1 is 1.40 bits per heavy atom. The number of carbonyl (C=O) groups excluding carboxylic acids is 1. The summed E-state index contributed by atoms with van der Waals surface area (Å²) in [5.74, 6) is 0.428. The number of anilines is 1. The summed E-state index contributed by atoms with van der Waals surface area (Å²) in [5, 5.41) is 3.41. The number of nitrogens with two attached hydrogens (primary N) is 1. The Balaban J connectivity index is 2.75. The van der Waals surface area contributed by atoms with Crippen molar-refractivity contribution in [2.45, 2.75) is 52.7 Å². The normalized spacial score (nSPS) is 11.7. The van der Waals surface area contributed by atoms with Gasteiger partial charge in [-0.25, -0.2) is 4.98 Å². The molecule has 1 aromatic heterocycles. The van der Waals surface area contributed by atoms with Crippen molar-refractivity contribution in [3.63, 3.8) is 0 Å². The molecule has 1 rings (SSSR count). The highest BCUT2D eigenvalue weighted by molar-refractivity contribution is 5.79. The number of hydrogen-bond donors (Lipinski definition) is 2. The van der Waals surface area contributed by atoms with E-state index < -0.39 is 0 Å². The molecule has 0 unspecified atom stereocenters. The van der Waals surface area contributed by atoms with Gasteiger partial charge >= 0.3 is 0 Å². The van der Waals surface area contributed by atoms with Crippen LogP contribution in [0, 0.1) is 0 Å². The predicted molar refractivity (Wildman–Crippen MR) is 82.5 cm³/mol. The van der Waals surface area contributed by atoms with Crippen LogP contribution in [-0.4, -0.2) is 29.0 Å². The lowest BCUT2D eigenvalue weighted by atomic mass is 10.1. The second-order valence-corrected chi connectivity index (χ2v) is 6.32. The number of pyridine rings is 1. The summed E-state index contributed by atoms with van der Waals surface area (Å²) in [5.41, 5.74) is 6.47. The third-order valence-corrected chi connectivity index (χ3v) is 2.88. The van der Waals surface area contributed by atoms with Crippen LogP contribution in [0.4, 0.5) is 5.82 Å². The van der Waals surface area contributed by atoms with Gasteiger partial charge in [-0.3, -0.25) is 4.79 Å². The fourth-order valence-corrected chi connectivity index (χ4v) is 1.75. The Morgan fingerprint density at radius 2 is 2.05 bits per heavy atom. The number of amides is 1. The van der Waals surface area contributed by atoms with Gasteiger partial charge in [0.15, 0.2) is 0 Å². The highest BCUT2D eigenvalue weighted by Crippen LogP contribution is 2.14. The molecule has 0 aliphatic carbocycles. The molecule has 0 saturated carbocycles. The van der Waals surface area contributed by atoms with Crippen molar-refractivity contribution in [1.82, 2.24) is 10.3 Å². The van der Waals surface area contributed by atoms with Gasteiger partial charge in [0, 0.05) is 24.3 Å². The molecular formula is C15H26N4O. The zero-order valence-electron chi connectivity index (χ0n) is 13.1. The summed E-state index contributed by atoms with van der Waals surface area (Å²) >= 11 is 0. The molecule has 0 aliphatic heterocycles. The Morgan fingerprint density at radius 3 is 2.45 bits per heavy atom. The van der Waals surface area contributed by atoms with Crippen LogP contribution in [0.3, 0.4) is 0 Å². The van der Waals surface area contributed by atoms with E-state index >= 15 is 0 Å². The van der Waals surface area contributed by atoms with Gasteiger partial charge in [-0.2, -0.15) is 0 Å². The van der Waals surface area contributed by atoms with E-state index in [2.05, 4.69) is 31.1 Å². The number of aromatic nitrogens is 1. The maximum absolute atomic E-state index is 11.1. The monoisotopic (exact) mass is 278 g/mol. The molecule has 3 N–H and O–H groups in total. The standard InChI is InChI=1S/C15H26N4O/c1-11(2)19(10-13(16)20)14-7-6-12(8-17-14)9-18-15(3,4)5/h6-8,11,18H,9-10H2,1-5H3,(H2,16,20). The van der Waals surface area contributed by atoms with Gasteiger partial charge < -0.3 is 16.0 Å². The molecule has 0 aromatic carbocycles. The molecule has 0 saturated heterocycles. The minimum Gasteiger partial charge on any atom is -0.368 e. The first-order valence-electron chi connectivity index (χ1n) is 6.94. The summed E-state index contributed by atoms with van der Waals surface area (Å²) in [6, 6.07) is 4.13. The number of rotatable bonds is 6. The third-order valence-electron chi connectivity index (χ3n) is 2.88. The van der Waals surface area contributed by atoms with E-state index in [0.29, 0.717) is 0 Å². The van der Waals surface area contributed by atoms with E-state index in [1.165, 1.54) is 0 Å². The summed E-state index contributed by atoms with van der Waals surface area (Å²) in [6.07, 6.45) is 1.84. The van der Waals surface area contributed by atoms with E-state index in [9.17, 15) is 4.79 Å². The number of hydrogen-bond acceptors (Lipinski definition) is 4. The lowest BCUT2D eigenvalue weighted by Crippen LogP contribution is -2.39. The molecule has 0 atom stereocenters. The number of nitrogens with zero attached hydrogens (tertiary/aromatic N) is 2. The lowest BCUT2D eigenvalue weighted by Gasteiger charge is -2.26. The molecule has 5 heteroatoms. The van der Waals surface area contributed by atoms with Crippen LogP contribution in [0.5, 0.6) is 0 Å². The van der Waals surface area contributed by atoms with E-state index in [-0.39, 0.29) is 24.0 Å². The largest absolute Gasteiger partial charge is 0.368 e. The molecule has 0 bridgehead atoms. The molecule has 1 aromatic rings. The summed E-state index contributed by atoms with van der Waals surface area (Å²) in [7, 11) is 0. The fraction of sp³-hybridized carbons (Fsp3) is 0.600. The Labute approximate surface area is 121 Å². The van der Waals surface area contributed by atoms with Crippen LogP contribution in [0.15, 0.2) is 18.3 Å². The van der Waals surface area contributed by atoms with Crippen LogP contribution < -0.4 is 16.0 Å². The predicted octanol–water partition coefficient (Wildman–Crippen LogP) is 1.67. The molecule has 1 amide bonds. The third kappa shape index (κ3) is 5.57. The second-order valence-electron chi connectivity index (χ2n) is 6.32. The van der Waals surface area contributed by atoms with Crippen LogP contribution >= 0.6 is 0 Å². The first-order valence-corrected chi connectivity index (χ1v) is 6.94. The second kappa shape index (κ2) is 6.70. The maximum Gasteiger partial charge on any atom is 0.237 e. The van der Waals surface area contributed by atoms with Crippen molar-refractivity contribution < 1.29 is 4.79 Å². The Kier molecular flexibility index (Phi) is 5.51. The average Bonchev–Trinajstić information content (AvgIpc) is 2.33. The van der Waals surface area contributed by atoms with Crippen molar-refractivity contribution in [2.75, 3.05) is 11.4 Å². The molecule has 0 radical (unpaired) electrons. The average molecular weight is 278 g/mol. The maximum atomic E-state index is 11.1. The molecule has 20 heavy (non-hydrogen) atoms. The molecular weight excluding hydrogens is 252 g/mol. The summed E-state index contributed by atoms with van der Waals surface area (Å²) in [4.78, 5) is 17.4. The van der Waals surface area contributed by atoms with Gasteiger partial charge in [0.05, 0.1) is 6.54 Å². The molecule has 112 valence electrons. The van der Waals surface area contributed by atoms with E-state index in [0.717, 1.165) is 17.9 Å². The van der Waals surface area contributed by atoms with Crippen molar-refractivity contribution in [1.29, 1.82) is 0 Å². The van der Waals surface area contributed by atoms with Crippen LogP contribution in [0.2, 0.25) is 0 Å². The Bertz CT molecular complexity index is 434. The van der Waals surface area contributed by atoms with Crippen molar-refractivity contribution >= 4 is 11.7 Å². The zero-order valence-corrected chi connectivity index (χ0v) is 13.1. The fourth-order valence-electron chi connectivity index (χ4n) is 1.75. The van der Waals surface area contributed by atoms with Crippen molar-refractivity contribution in [2.24, 2.45) is 5.73 Å². The quantitative estimate of drug-likeness (QED) is 0.830. The molecule has 0 spiro atoms. The SMILES string of the molecule is CC(C)N(CC(N)=O)c1ccc(CNC(C)(C)C)cn1.